The molecule has 0 amide bonds. The lowest BCUT2D eigenvalue weighted by Crippen LogP contribution is -1.93. The molecule has 0 aliphatic carbocycles. The van der Waals surface area contributed by atoms with Gasteiger partial charge in [-0.25, -0.2) is 0 Å². The highest BCUT2D eigenvalue weighted by Crippen LogP contribution is 2.34. The minimum Gasteiger partial charge on any atom is -0.497 e. The zero-order chi connectivity index (χ0) is 110. The molecule has 140 heavy (non-hydrogen) atoms. The van der Waals surface area contributed by atoms with Crippen LogP contribution in [0.1, 0.15) is 335 Å². The van der Waals surface area contributed by atoms with Gasteiger partial charge in [0.05, 0.1) is 28.4 Å². The highest BCUT2D eigenvalue weighted by atomic mass is 16.5. The van der Waals surface area contributed by atoms with Gasteiger partial charge in [0.25, 0.3) is 0 Å². The molecule has 0 N–H and O–H groups in total. The molecule has 16 rings (SSSR count). The molecular weight excluding hydrogens is 1710 g/mol. The molecule has 16 aromatic rings. The highest BCUT2D eigenvalue weighted by molar-refractivity contribution is 6.02. The van der Waals surface area contributed by atoms with Gasteiger partial charge in [0.15, 0.2) is 25.1 Å². The molecule has 0 spiro atoms. The number of carbonyl (C=O) groups excluding carboxylic acids is 4. The number of methoxy groups -OCH3 is 4. The summed E-state index contributed by atoms with van der Waals surface area (Å²) in [5.41, 5.74) is 12.6. The Morgan fingerprint density at radius 2 is 0.436 bits per heavy atom. The fourth-order valence-electron chi connectivity index (χ4n) is 13.0. The molecule has 0 atom stereocenters. The number of hydrogen-bond donors (Lipinski definition) is 0. The first-order valence-electron chi connectivity index (χ1n) is 52.4. The molecule has 772 valence electrons. The maximum atomic E-state index is 10.8. The maximum absolute atomic E-state index is 10.8. The van der Waals surface area contributed by atoms with Crippen molar-refractivity contribution in [2.45, 2.75) is 305 Å². The predicted octanol–water partition coefficient (Wildman–Crippen LogP) is 42.9. The standard InChI is InChI=1S/C14H16O.C13H14O.C12H12O.2C12H10O.C11H10O.2C11H8O.18C2H6/c1-9-6-5-7-12-11(3)14(15-4)10(2)8-13(9)12;1-9-8-11-6-4-5-7-12(11)10(2)13(9)14-3;1-9-11-6-4-3-5-10(11)7-8-12(9)13-2;2*1-9-6-7-10-4-2-3-5-11(10)12(9)8-13;1-12-11-7-6-9-4-2-3-5-10(9)8-11;2*12-8-10-6-3-5-9-4-1-2-7-11(9)10;18*1-2/h5-8H,1-4H3;4-8H,1-3H3;3-8H,1-2H3;2*2-8H,1H3;2-8H,1H3;2*1-8H;18*1-2H3. The molecule has 0 fully saturated rings. The first kappa shape index (κ1) is 148. The topological polar surface area (TPSA) is 105 Å². The van der Waals surface area contributed by atoms with Crippen LogP contribution in [0.2, 0.25) is 0 Å². The van der Waals surface area contributed by atoms with E-state index in [9.17, 15) is 19.2 Å². The van der Waals surface area contributed by atoms with Crippen LogP contribution in [-0.4, -0.2) is 53.6 Å². The van der Waals surface area contributed by atoms with E-state index >= 15 is 0 Å². The van der Waals surface area contributed by atoms with E-state index in [1.54, 1.807) is 28.4 Å². The van der Waals surface area contributed by atoms with Crippen molar-refractivity contribution < 1.29 is 38.1 Å². The number of aryl methyl sites for hydroxylation is 8. The van der Waals surface area contributed by atoms with Gasteiger partial charge in [-0.1, -0.05) is 510 Å². The van der Waals surface area contributed by atoms with E-state index in [0.29, 0.717) is 0 Å². The smallest absolute Gasteiger partial charge is 0.150 e. The Kier molecular flexibility index (Phi) is 108. The molecule has 0 unspecified atom stereocenters. The molecule has 0 radical (unpaired) electrons. The van der Waals surface area contributed by atoms with Crippen molar-refractivity contribution in [3.63, 3.8) is 0 Å². The lowest BCUT2D eigenvalue weighted by molar-refractivity contribution is 0.111. The van der Waals surface area contributed by atoms with Gasteiger partial charge < -0.3 is 18.9 Å². The fourth-order valence-corrected chi connectivity index (χ4v) is 13.0. The summed E-state index contributed by atoms with van der Waals surface area (Å²) in [6, 6.07) is 97.0. The molecule has 0 heterocycles. The van der Waals surface area contributed by atoms with E-state index in [1.807, 2.05) is 457 Å². The highest BCUT2D eigenvalue weighted by Gasteiger charge is 2.11. The Labute approximate surface area is 858 Å². The van der Waals surface area contributed by atoms with Crippen LogP contribution < -0.4 is 18.9 Å². The number of benzene rings is 16. The first-order valence-corrected chi connectivity index (χ1v) is 52.4. The molecule has 0 aromatic heterocycles. The Morgan fingerprint density at radius 1 is 0.171 bits per heavy atom. The van der Waals surface area contributed by atoms with Gasteiger partial charge in [-0.05, 0) is 216 Å². The van der Waals surface area contributed by atoms with Gasteiger partial charge in [0.2, 0.25) is 0 Å². The predicted molar refractivity (Wildman–Crippen MR) is 642 cm³/mol. The summed E-state index contributed by atoms with van der Waals surface area (Å²) >= 11 is 0. The minimum absolute atomic E-state index is 0.758. The number of carbonyl (C=O) groups is 4. The number of fused-ring (bicyclic) bond motifs is 8. The minimum atomic E-state index is 0.758. The van der Waals surface area contributed by atoms with E-state index in [4.69, 9.17) is 18.9 Å². The summed E-state index contributed by atoms with van der Waals surface area (Å²) in [6.45, 7) is 88.5. The molecule has 0 saturated carbocycles. The summed E-state index contributed by atoms with van der Waals surface area (Å²) in [5, 5.41) is 18.8. The summed E-state index contributed by atoms with van der Waals surface area (Å²) in [5.74, 6) is 3.88. The van der Waals surface area contributed by atoms with E-state index in [2.05, 4.69) is 139 Å². The summed E-state index contributed by atoms with van der Waals surface area (Å²) < 4.78 is 21.2. The molecule has 8 heteroatoms. The zero-order valence-electron chi connectivity index (χ0n) is 97.3. The molecule has 0 aliphatic rings. The second kappa shape index (κ2) is 102. The average molecular weight is 1910 g/mol. The number of aldehydes is 4. The van der Waals surface area contributed by atoms with Crippen LogP contribution in [-0.2, 0) is 0 Å². The van der Waals surface area contributed by atoms with Crippen LogP contribution in [0.4, 0.5) is 0 Å². The molecule has 16 aromatic carbocycles. The van der Waals surface area contributed by atoms with Gasteiger partial charge in [0, 0.05) is 22.3 Å². The third-order valence-corrected chi connectivity index (χ3v) is 18.5. The molecule has 8 nitrogen and oxygen atoms in total. The van der Waals surface area contributed by atoms with Gasteiger partial charge in [-0.3, -0.25) is 19.2 Å². The summed E-state index contributed by atoms with van der Waals surface area (Å²) in [4.78, 5) is 42.9. The van der Waals surface area contributed by atoms with Gasteiger partial charge >= 0.3 is 0 Å². The Balaban J connectivity index is -0.000000165. The maximum Gasteiger partial charge on any atom is 0.150 e. The van der Waals surface area contributed by atoms with Gasteiger partial charge in [0.1, 0.15) is 23.0 Å². The number of ether oxygens (including phenoxy) is 4. The second-order valence-corrected chi connectivity index (χ2v) is 25.1. The molecule has 0 aliphatic heterocycles. The normalized spacial score (nSPS) is 8.40. The monoisotopic (exact) mass is 1910 g/mol. The Hall–Kier alpha value is -12.5. The third kappa shape index (κ3) is 51.4. The van der Waals surface area contributed by atoms with Crippen molar-refractivity contribution in [1.82, 2.24) is 0 Å². The molecule has 0 saturated heterocycles. The van der Waals surface area contributed by atoms with Crippen molar-refractivity contribution in [2.24, 2.45) is 0 Å². The zero-order valence-corrected chi connectivity index (χ0v) is 97.3. The van der Waals surface area contributed by atoms with E-state index < -0.39 is 0 Å². The van der Waals surface area contributed by atoms with Crippen molar-refractivity contribution in [2.75, 3.05) is 28.4 Å². The number of hydrogen-bond acceptors (Lipinski definition) is 8. The van der Waals surface area contributed by atoms with Crippen LogP contribution >= 0.6 is 0 Å². The summed E-state index contributed by atoms with van der Waals surface area (Å²) in [7, 11) is 6.85. The van der Waals surface area contributed by atoms with E-state index in [0.717, 1.165) is 125 Å². The SMILES string of the molecule is CC.CC.CC.CC.CC.CC.CC.CC.CC.CC.CC.CC.CC.CC.CC.CC.CC.CC.COc1c(C)cc2c(C)cccc2c1C.COc1c(C)cc2ccccc2c1C.COc1ccc2ccccc2c1.COc1ccc2ccccc2c1C.Cc1ccc2ccccc2c1C=O.Cc1ccc2ccccc2c1C=O.O=Cc1cccc2ccccc12.O=Cc1cccc2ccccc12. The van der Waals surface area contributed by atoms with Crippen LogP contribution in [0.5, 0.6) is 23.0 Å². The number of rotatable bonds is 8. The van der Waals surface area contributed by atoms with Crippen LogP contribution in [0.3, 0.4) is 0 Å². The van der Waals surface area contributed by atoms with Crippen molar-refractivity contribution in [3.8, 4) is 23.0 Å². The average Bonchev–Trinajstić information content (AvgIpc) is 0.719. The largest absolute Gasteiger partial charge is 0.497 e. The van der Waals surface area contributed by atoms with Crippen molar-refractivity contribution in [1.29, 1.82) is 0 Å². The lowest BCUT2D eigenvalue weighted by atomic mass is 9.98. The Morgan fingerprint density at radius 3 is 0.779 bits per heavy atom. The Bertz CT molecular complexity index is 5470. The van der Waals surface area contributed by atoms with E-state index in [-0.39, 0.29) is 0 Å². The quantitative estimate of drug-likeness (QED) is 0.139. The molecule has 0 bridgehead atoms. The van der Waals surface area contributed by atoms with Gasteiger partial charge in [-0.15, -0.1) is 0 Å². The van der Waals surface area contributed by atoms with Gasteiger partial charge in [-0.2, -0.15) is 0 Å². The third-order valence-electron chi connectivity index (χ3n) is 18.5. The fraction of sp³-hybridized carbons (Fsp3) is 0.364. The lowest BCUT2D eigenvalue weighted by Gasteiger charge is -2.13. The van der Waals surface area contributed by atoms with Crippen molar-refractivity contribution >= 4 is 111 Å². The van der Waals surface area contributed by atoms with Crippen LogP contribution in [0.15, 0.2) is 291 Å². The summed E-state index contributed by atoms with van der Waals surface area (Å²) in [6.07, 6.45) is 3.64. The van der Waals surface area contributed by atoms with Crippen LogP contribution in [0.25, 0.3) is 86.2 Å². The van der Waals surface area contributed by atoms with Crippen molar-refractivity contribution in [3.05, 3.63) is 358 Å². The molecular formula is C132H196O8. The van der Waals surface area contributed by atoms with Crippen LogP contribution in [0, 0.1) is 55.4 Å². The van der Waals surface area contributed by atoms with E-state index in [1.165, 1.54) is 76.5 Å². The second-order valence-electron chi connectivity index (χ2n) is 25.1. The first-order chi connectivity index (χ1) is 68.6.